The molecule has 2 fully saturated rings. The van der Waals surface area contributed by atoms with Crippen LogP contribution in [0, 0.1) is 5.92 Å². The van der Waals surface area contributed by atoms with E-state index in [1.807, 2.05) is 35.0 Å². The molecule has 1 unspecified atom stereocenters. The van der Waals surface area contributed by atoms with Gasteiger partial charge >= 0.3 is 0 Å². The lowest BCUT2D eigenvalue weighted by Crippen LogP contribution is -2.53. The summed E-state index contributed by atoms with van der Waals surface area (Å²) in [5.74, 6) is 0.974. The van der Waals surface area contributed by atoms with Gasteiger partial charge in [-0.2, -0.15) is 0 Å². The van der Waals surface area contributed by atoms with Gasteiger partial charge in [0, 0.05) is 46.2 Å². The minimum Gasteiger partial charge on any atom is -0.345 e. The van der Waals surface area contributed by atoms with E-state index in [1.54, 1.807) is 0 Å². The van der Waals surface area contributed by atoms with Crippen molar-refractivity contribution in [3.63, 3.8) is 0 Å². The van der Waals surface area contributed by atoms with E-state index in [1.165, 1.54) is 5.56 Å². The lowest BCUT2D eigenvalue weighted by atomic mass is 9.97. The number of rotatable bonds is 5. The minimum absolute atomic E-state index is 0.234. The molecule has 5 nitrogen and oxygen atoms in total. The monoisotopic (exact) mass is 329 g/mol. The van der Waals surface area contributed by atoms with Gasteiger partial charge in [0.05, 0.1) is 6.54 Å². The zero-order valence-electron chi connectivity index (χ0n) is 14.5. The molecule has 2 amide bonds. The number of piperazine rings is 1. The first kappa shape index (κ1) is 17.0. The quantitative estimate of drug-likeness (QED) is 0.816. The number of hydrogen-bond acceptors (Lipinski definition) is 3. The van der Waals surface area contributed by atoms with E-state index in [9.17, 15) is 9.59 Å². The van der Waals surface area contributed by atoms with E-state index < -0.39 is 0 Å². The predicted octanol–water partition coefficient (Wildman–Crippen LogP) is 1.24. The molecule has 2 aliphatic heterocycles. The second-order valence-corrected chi connectivity index (χ2v) is 7.03. The summed E-state index contributed by atoms with van der Waals surface area (Å²) >= 11 is 0. The Kier molecular flexibility index (Phi) is 5.51. The van der Waals surface area contributed by atoms with Gasteiger partial charge in [0.25, 0.3) is 0 Å². The molecule has 1 atom stereocenters. The summed E-state index contributed by atoms with van der Waals surface area (Å²) in [6.45, 7) is 4.82. The molecular weight excluding hydrogens is 302 g/mol. The molecule has 0 aromatic heterocycles. The normalized spacial score (nSPS) is 23.0. The summed E-state index contributed by atoms with van der Waals surface area (Å²) in [6, 6.07) is 10.3. The maximum absolute atomic E-state index is 12.4. The number of hydrogen-bond donors (Lipinski definition) is 0. The molecule has 2 saturated heterocycles. The van der Waals surface area contributed by atoms with Gasteiger partial charge in [-0.05, 0) is 24.3 Å². The SMILES string of the molecule is CN1CC(CN2CCN(CCc3ccccc3)C(=O)C2)CCC1=O. The lowest BCUT2D eigenvalue weighted by Gasteiger charge is -2.38. The van der Waals surface area contributed by atoms with Crippen LogP contribution in [0.1, 0.15) is 18.4 Å². The first-order valence-corrected chi connectivity index (χ1v) is 8.90. The zero-order chi connectivity index (χ0) is 16.9. The van der Waals surface area contributed by atoms with Gasteiger partial charge in [0.1, 0.15) is 0 Å². The molecule has 0 aliphatic carbocycles. The van der Waals surface area contributed by atoms with E-state index in [0.717, 1.165) is 45.6 Å². The predicted molar refractivity (Wildman–Crippen MR) is 93.5 cm³/mol. The molecule has 2 aliphatic rings. The molecule has 0 saturated carbocycles. The average Bonchev–Trinajstić information content (AvgIpc) is 2.58. The van der Waals surface area contributed by atoms with E-state index in [-0.39, 0.29) is 11.8 Å². The average molecular weight is 329 g/mol. The summed E-state index contributed by atoms with van der Waals surface area (Å²) in [4.78, 5) is 30.0. The van der Waals surface area contributed by atoms with Crippen LogP contribution < -0.4 is 0 Å². The number of benzene rings is 1. The highest BCUT2D eigenvalue weighted by Gasteiger charge is 2.28. The molecule has 24 heavy (non-hydrogen) atoms. The Morgan fingerprint density at radius 3 is 2.58 bits per heavy atom. The number of nitrogens with zero attached hydrogens (tertiary/aromatic N) is 3. The number of amides is 2. The van der Waals surface area contributed by atoms with Gasteiger partial charge < -0.3 is 9.80 Å². The van der Waals surface area contributed by atoms with Crippen LogP contribution >= 0.6 is 0 Å². The van der Waals surface area contributed by atoms with Gasteiger partial charge in [0.15, 0.2) is 0 Å². The van der Waals surface area contributed by atoms with Gasteiger partial charge in [-0.15, -0.1) is 0 Å². The van der Waals surface area contributed by atoms with Gasteiger partial charge in [-0.3, -0.25) is 14.5 Å². The molecule has 0 radical (unpaired) electrons. The highest BCUT2D eigenvalue weighted by molar-refractivity contribution is 5.79. The molecule has 0 N–H and O–H groups in total. The molecular formula is C19H27N3O2. The molecule has 5 heteroatoms. The van der Waals surface area contributed by atoms with Gasteiger partial charge in [0.2, 0.25) is 11.8 Å². The summed E-state index contributed by atoms with van der Waals surface area (Å²) in [7, 11) is 1.88. The Morgan fingerprint density at radius 2 is 1.88 bits per heavy atom. The van der Waals surface area contributed by atoms with Crippen LogP contribution in [-0.2, 0) is 16.0 Å². The van der Waals surface area contributed by atoms with Crippen molar-refractivity contribution in [1.82, 2.24) is 14.7 Å². The molecule has 130 valence electrons. The summed E-state index contributed by atoms with van der Waals surface area (Å²) in [5, 5.41) is 0. The Hall–Kier alpha value is -1.88. The Bertz CT molecular complexity index is 575. The second-order valence-electron chi connectivity index (χ2n) is 7.03. The number of likely N-dealkylation sites (tertiary alicyclic amines) is 1. The Morgan fingerprint density at radius 1 is 1.08 bits per heavy atom. The number of carbonyl (C=O) groups excluding carboxylic acids is 2. The van der Waals surface area contributed by atoms with Crippen LogP contribution in [0.5, 0.6) is 0 Å². The maximum atomic E-state index is 12.4. The first-order valence-electron chi connectivity index (χ1n) is 8.90. The smallest absolute Gasteiger partial charge is 0.236 e. The Balaban J connectivity index is 1.43. The standard InChI is InChI=1S/C19H27N3O2/c1-20-13-17(7-8-18(20)23)14-21-11-12-22(19(24)15-21)10-9-16-5-3-2-4-6-16/h2-6,17H,7-15H2,1H3. The van der Waals surface area contributed by atoms with Crippen molar-refractivity contribution in [3.8, 4) is 0 Å². The van der Waals surface area contributed by atoms with Crippen molar-refractivity contribution >= 4 is 11.8 Å². The van der Waals surface area contributed by atoms with Crippen LogP contribution in [0.2, 0.25) is 0 Å². The number of carbonyl (C=O) groups is 2. The summed E-state index contributed by atoms with van der Waals surface area (Å²) in [6.07, 6.45) is 2.51. The van der Waals surface area contributed by atoms with Crippen LogP contribution in [0.4, 0.5) is 0 Å². The van der Waals surface area contributed by atoms with Crippen LogP contribution in [0.25, 0.3) is 0 Å². The van der Waals surface area contributed by atoms with Gasteiger partial charge in [-0.1, -0.05) is 30.3 Å². The number of piperidine rings is 1. The van der Waals surface area contributed by atoms with Crippen molar-refractivity contribution in [1.29, 1.82) is 0 Å². The van der Waals surface area contributed by atoms with Crippen molar-refractivity contribution in [2.24, 2.45) is 5.92 Å². The first-order chi connectivity index (χ1) is 11.6. The van der Waals surface area contributed by atoms with Crippen LogP contribution in [0.3, 0.4) is 0 Å². The van der Waals surface area contributed by atoms with Crippen molar-refractivity contribution < 1.29 is 9.59 Å². The third-order valence-electron chi connectivity index (χ3n) is 5.15. The fourth-order valence-electron chi connectivity index (χ4n) is 3.67. The van der Waals surface area contributed by atoms with E-state index >= 15 is 0 Å². The van der Waals surface area contributed by atoms with Crippen molar-refractivity contribution in [2.45, 2.75) is 19.3 Å². The minimum atomic E-state index is 0.234. The summed E-state index contributed by atoms with van der Waals surface area (Å²) < 4.78 is 0. The third-order valence-corrected chi connectivity index (χ3v) is 5.15. The zero-order valence-corrected chi connectivity index (χ0v) is 14.5. The maximum Gasteiger partial charge on any atom is 0.236 e. The molecule has 2 heterocycles. The van der Waals surface area contributed by atoms with Gasteiger partial charge in [-0.25, -0.2) is 0 Å². The fourth-order valence-corrected chi connectivity index (χ4v) is 3.67. The fraction of sp³-hybridized carbons (Fsp3) is 0.579. The molecule has 3 rings (SSSR count). The summed E-state index contributed by atoms with van der Waals surface area (Å²) in [5.41, 5.74) is 1.28. The highest BCUT2D eigenvalue weighted by Crippen LogP contribution is 2.18. The largest absolute Gasteiger partial charge is 0.345 e. The van der Waals surface area contributed by atoms with Crippen molar-refractivity contribution in [3.05, 3.63) is 35.9 Å². The van der Waals surface area contributed by atoms with E-state index in [4.69, 9.17) is 0 Å². The van der Waals surface area contributed by atoms with E-state index in [0.29, 0.717) is 18.9 Å². The molecule has 0 spiro atoms. The van der Waals surface area contributed by atoms with E-state index in [2.05, 4.69) is 17.0 Å². The second kappa shape index (κ2) is 7.79. The highest BCUT2D eigenvalue weighted by atomic mass is 16.2. The van der Waals surface area contributed by atoms with Crippen LogP contribution in [0.15, 0.2) is 30.3 Å². The molecule has 1 aromatic rings. The van der Waals surface area contributed by atoms with Crippen molar-refractivity contribution in [2.75, 3.05) is 46.3 Å². The molecule has 1 aromatic carbocycles. The molecule has 0 bridgehead atoms. The Labute approximate surface area is 144 Å². The third kappa shape index (κ3) is 4.35. The lowest BCUT2D eigenvalue weighted by molar-refractivity contribution is -0.138. The van der Waals surface area contributed by atoms with Crippen LogP contribution in [-0.4, -0.2) is 72.8 Å². The topological polar surface area (TPSA) is 43.9 Å².